The Morgan fingerprint density at radius 1 is 1.03 bits per heavy atom. The van der Waals surface area contributed by atoms with Crippen molar-refractivity contribution in [1.82, 2.24) is 5.32 Å². The zero-order valence-electron chi connectivity index (χ0n) is 18.8. The smallest absolute Gasteiger partial charge is 0.260 e. The summed E-state index contributed by atoms with van der Waals surface area (Å²) in [6, 6.07) is 14.2. The maximum atomic E-state index is 12.5. The number of amides is 1. The van der Waals surface area contributed by atoms with Crippen molar-refractivity contribution < 1.29 is 14.3 Å². The molecule has 0 heterocycles. The monoisotopic (exact) mass is 397 g/mol. The molecule has 2 rings (SSSR count). The van der Waals surface area contributed by atoms with Crippen LogP contribution in [0.2, 0.25) is 0 Å². The zero-order valence-corrected chi connectivity index (χ0v) is 18.8. The third kappa shape index (κ3) is 6.52. The van der Waals surface area contributed by atoms with Gasteiger partial charge in [-0.25, -0.2) is 0 Å². The van der Waals surface area contributed by atoms with Gasteiger partial charge in [-0.1, -0.05) is 65.0 Å². The number of rotatable bonds is 8. The van der Waals surface area contributed by atoms with E-state index in [0.29, 0.717) is 19.1 Å². The highest BCUT2D eigenvalue weighted by molar-refractivity contribution is 5.80. The minimum atomic E-state index is -0.573. The second kappa shape index (κ2) is 9.82. The normalized spacial score (nSPS) is 12.6. The molecule has 4 heteroatoms. The maximum Gasteiger partial charge on any atom is 0.260 e. The third-order valence-corrected chi connectivity index (χ3v) is 4.82. The van der Waals surface area contributed by atoms with Gasteiger partial charge in [0.2, 0.25) is 0 Å². The number of hydrogen-bond donors (Lipinski definition) is 1. The number of para-hydroxylation sites is 1. The minimum absolute atomic E-state index is 0.00410. The standard InChI is InChI=1S/C25H35NO3/c1-17(2)20-13-12-18(3)16-23(20)29-19(4)24(27)26-14-15-28-22-11-9-8-10-21(22)25(5,6)7/h8-13,16-17,19H,14-15H2,1-7H3,(H,26,27)/t19-/m0/s1. The summed E-state index contributed by atoms with van der Waals surface area (Å²) >= 11 is 0. The summed E-state index contributed by atoms with van der Waals surface area (Å²) < 4.78 is 11.9. The molecular formula is C25H35NO3. The number of benzene rings is 2. The van der Waals surface area contributed by atoms with Crippen molar-refractivity contribution in [1.29, 1.82) is 0 Å². The first-order chi connectivity index (χ1) is 13.6. The van der Waals surface area contributed by atoms with Crippen LogP contribution < -0.4 is 14.8 Å². The lowest BCUT2D eigenvalue weighted by atomic mass is 9.86. The Morgan fingerprint density at radius 3 is 2.38 bits per heavy atom. The van der Waals surface area contributed by atoms with Gasteiger partial charge in [-0.05, 0) is 54.0 Å². The molecule has 1 atom stereocenters. The fourth-order valence-electron chi connectivity index (χ4n) is 3.16. The molecule has 0 unspecified atom stereocenters. The second-order valence-corrected chi connectivity index (χ2v) is 8.84. The van der Waals surface area contributed by atoms with Crippen molar-refractivity contribution in [2.75, 3.05) is 13.2 Å². The third-order valence-electron chi connectivity index (χ3n) is 4.82. The van der Waals surface area contributed by atoms with E-state index in [0.717, 1.165) is 28.2 Å². The minimum Gasteiger partial charge on any atom is -0.491 e. The van der Waals surface area contributed by atoms with Crippen molar-refractivity contribution in [3.05, 3.63) is 59.2 Å². The Bertz CT molecular complexity index is 821. The number of ether oxygens (including phenoxy) is 2. The highest BCUT2D eigenvalue weighted by atomic mass is 16.5. The highest BCUT2D eigenvalue weighted by Crippen LogP contribution is 2.31. The van der Waals surface area contributed by atoms with Crippen LogP contribution in [0.25, 0.3) is 0 Å². The number of nitrogens with one attached hydrogen (secondary N) is 1. The van der Waals surface area contributed by atoms with Gasteiger partial charge in [0.05, 0.1) is 6.54 Å². The van der Waals surface area contributed by atoms with Gasteiger partial charge >= 0.3 is 0 Å². The largest absolute Gasteiger partial charge is 0.491 e. The van der Waals surface area contributed by atoms with Gasteiger partial charge in [0, 0.05) is 0 Å². The Kier molecular flexibility index (Phi) is 7.72. The Labute approximate surface area is 175 Å². The molecule has 29 heavy (non-hydrogen) atoms. The lowest BCUT2D eigenvalue weighted by Crippen LogP contribution is -2.38. The lowest BCUT2D eigenvalue weighted by molar-refractivity contribution is -0.127. The van der Waals surface area contributed by atoms with Crippen LogP contribution in [0.3, 0.4) is 0 Å². The van der Waals surface area contributed by atoms with Crippen LogP contribution >= 0.6 is 0 Å². The molecule has 0 radical (unpaired) electrons. The summed E-state index contributed by atoms with van der Waals surface area (Å²) in [4.78, 5) is 12.5. The van der Waals surface area contributed by atoms with E-state index < -0.39 is 6.10 Å². The van der Waals surface area contributed by atoms with Crippen LogP contribution in [0.1, 0.15) is 64.2 Å². The fourth-order valence-corrected chi connectivity index (χ4v) is 3.16. The average Bonchev–Trinajstić information content (AvgIpc) is 2.64. The summed E-state index contributed by atoms with van der Waals surface area (Å²) in [6.45, 7) is 15.4. The van der Waals surface area contributed by atoms with Crippen LogP contribution in [0, 0.1) is 6.92 Å². The van der Waals surface area contributed by atoms with Crippen molar-refractivity contribution in [2.45, 2.75) is 65.9 Å². The Hall–Kier alpha value is -2.49. The highest BCUT2D eigenvalue weighted by Gasteiger charge is 2.19. The molecule has 0 bridgehead atoms. The molecule has 2 aromatic carbocycles. The Balaban J connectivity index is 1.89. The first-order valence-corrected chi connectivity index (χ1v) is 10.4. The summed E-state index contributed by atoms with van der Waals surface area (Å²) in [7, 11) is 0. The molecule has 0 aliphatic carbocycles. The van der Waals surface area contributed by atoms with Gasteiger partial charge in [-0.3, -0.25) is 4.79 Å². The van der Waals surface area contributed by atoms with Gasteiger partial charge in [0.15, 0.2) is 6.10 Å². The van der Waals surface area contributed by atoms with E-state index >= 15 is 0 Å². The van der Waals surface area contributed by atoms with E-state index in [2.05, 4.69) is 58.1 Å². The van der Waals surface area contributed by atoms with Crippen molar-refractivity contribution in [3.8, 4) is 11.5 Å². The predicted octanol–water partition coefficient (Wildman–Crippen LogP) is 5.38. The predicted molar refractivity (Wildman–Crippen MR) is 119 cm³/mol. The summed E-state index contributed by atoms with van der Waals surface area (Å²) in [6.07, 6.45) is -0.573. The van der Waals surface area contributed by atoms with E-state index in [4.69, 9.17) is 9.47 Å². The van der Waals surface area contributed by atoms with E-state index in [1.807, 2.05) is 31.2 Å². The molecule has 0 aliphatic rings. The van der Waals surface area contributed by atoms with Gasteiger partial charge in [-0.2, -0.15) is 0 Å². The zero-order chi connectivity index (χ0) is 21.6. The van der Waals surface area contributed by atoms with Gasteiger partial charge < -0.3 is 14.8 Å². The molecule has 0 saturated heterocycles. The maximum absolute atomic E-state index is 12.5. The van der Waals surface area contributed by atoms with Crippen LogP contribution in [0.15, 0.2) is 42.5 Å². The van der Waals surface area contributed by atoms with Gasteiger partial charge in [0.1, 0.15) is 18.1 Å². The molecule has 4 nitrogen and oxygen atoms in total. The number of hydrogen-bond acceptors (Lipinski definition) is 3. The summed E-state index contributed by atoms with van der Waals surface area (Å²) in [5.41, 5.74) is 3.38. The van der Waals surface area contributed by atoms with Crippen LogP contribution in [-0.2, 0) is 10.2 Å². The summed E-state index contributed by atoms with van der Waals surface area (Å²) in [5, 5.41) is 2.91. The first kappa shape index (κ1) is 22.8. The SMILES string of the molecule is Cc1ccc(C(C)C)c(O[C@@H](C)C(=O)NCCOc2ccccc2C(C)(C)C)c1. The molecule has 0 aromatic heterocycles. The molecule has 0 saturated carbocycles. The number of carbonyl (C=O) groups excluding carboxylic acids is 1. The number of carbonyl (C=O) groups is 1. The van der Waals surface area contributed by atoms with Crippen molar-refractivity contribution >= 4 is 5.91 Å². The lowest BCUT2D eigenvalue weighted by Gasteiger charge is -2.23. The van der Waals surface area contributed by atoms with E-state index in [1.165, 1.54) is 0 Å². The Morgan fingerprint density at radius 2 is 1.72 bits per heavy atom. The molecule has 1 N–H and O–H groups in total. The molecule has 0 fully saturated rings. The van der Waals surface area contributed by atoms with E-state index in [-0.39, 0.29) is 11.3 Å². The van der Waals surface area contributed by atoms with E-state index in [9.17, 15) is 4.79 Å². The molecular weight excluding hydrogens is 362 g/mol. The molecule has 158 valence electrons. The van der Waals surface area contributed by atoms with E-state index in [1.54, 1.807) is 6.92 Å². The average molecular weight is 398 g/mol. The summed E-state index contributed by atoms with van der Waals surface area (Å²) in [5.74, 6) is 1.82. The molecule has 0 spiro atoms. The fraction of sp³-hybridized carbons (Fsp3) is 0.480. The van der Waals surface area contributed by atoms with Crippen LogP contribution in [-0.4, -0.2) is 25.2 Å². The number of aryl methyl sites for hydroxylation is 1. The van der Waals surface area contributed by atoms with Crippen LogP contribution in [0.4, 0.5) is 0 Å². The molecule has 2 aromatic rings. The van der Waals surface area contributed by atoms with Crippen molar-refractivity contribution in [3.63, 3.8) is 0 Å². The molecule has 0 aliphatic heterocycles. The molecule has 1 amide bonds. The topological polar surface area (TPSA) is 47.6 Å². The first-order valence-electron chi connectivity index (χ1n) is 10.4. The van der Waals surface area contributed by atoms with Crippen LogP contribution in [0.5, 0.6) is 11.5 Å². The van der Waals surface area contributed by atoms with Crippen molar-refractivity contribution in [2.24, 2.45) is 0 Å². The second-order valence-electron chi connectivity index (χ2n) is 8.84. The quantitative estimate of drug-likeness (QED) is 0.609. The van der Waals surface area contributed by atoms with Gasteiger partial charge in [-0.15, -0.1) is 0 Å². The van der Waals surface area contributed by atoms with Gasteiger partial charge in [0.25, 0.3) is 5.91 Å².